The number of hydrogen-bond acceptors (Lipinski definition) is 3. The third kappa shape index (κ3) is 8.31. The van der Waals surface area contributed by atoms with Crippen LogP contribution in [0.2, 0.25) is 0 Å². The average molecular weight is 303 g/mol. The first-order chi connectivity index (χ1) is 10.2. The molecule has 1 rings (SSSR count). The van der Waals surface area contributed by atoms with Crippen molar-refractivity contribution in [2.24, 2.45) is 0 Å². The maximum atomic E-state index is 11.4. The van der Waals surface area contributed by atoms with Gasteiger partial charge in [-0.3, -0.25) is 4.98 Å². The molecule has 0 saturated heterocycles. The molecular weight excluding hydrogens is 275 g/mol. The van der Waals surface area contributed by atoms with Crippen molar-refractivity contribution in [3.8, 4) is 0 Å². The van der Waals surface area contributed by atoms with Crippen molar-refractivity contribution in [2.45, 2.75) is 78.6 Å². The molecule has 0 unspecified atom stereocenters. The van der Waals surface area contributed by atoms with Crippen molar-refractivity contribution in [2.75, 3.05) is 0 Å². The van der Waals surface area contributed by atoms with Crippen LogP contribution in [-0.4, -0.2) is 12.1 Å². The van der Waals surface area contributed by atoms with E-state index in [1.165, 1.54) is 11.1 Å². The number of rotatable bonds is 10. The van der Waals surface area contributed by atoms with Crippen molar-refractivity contribution >= 4 is 12.7 Å². The van der Waals surface area contributed by atoms with Crippen LogP contribution < -0.4 is 53.4 Å². The molecule has 0 aliphatic rings. The molecule has 6 heteroatoms. The Hall–Kier alpha value is 0.330. The van der Waals surface area contributed by atoms with E-state index >= 15 is 0 Å². The standard InChI is InChI=1S/C17H28BNO2.2Li/c1-4-7-10-14-13-19-17(18(20)21)16(12-9-6-3)15(14)11-8-5-2;;/h13H,4-12H2,1-3H3;;/q-2;2*+1. The van der Waals surface area contributed by atoms with Gasteiger partial charge >= 0.3 is 37.7 Å². The summed E-state index contributed by atoms with van der Waals surface area (Å²) >= 11 is 0. The van der Waals surface area contributed by atoms with E-state index < -0.39 is 7.12 Å². The number of nitrogens with zero attached hydrogens (tertiary/aromatic N) is 1. The molecule has 23 heavy (non-hydrogen) atoms. The molecule has 0 N–H and O–H groups in total. The number of aryl methyl sites for hydroxylation is 1. The summed E-state index contributed by atoms with van der Waals surface area (Å²) in [5.74, 6) is 0. The van der Waals surface area contributed by atoms with Gasteiger partial charge in [0.05, 0.1) is 0 Å². The van der Waals surface area contributed by atoms with Gasteiger partial charge in [0.2, 0.25) is 0 Å². The first-order valence-corrected chi connectivity index (χ1v) is 8.46. The van der Waals surface area contributed by atoms with E-state index in [-0.39, 0.29) is 43.3 Å². The first-order valence-electron chi connectivity index (χ1n) is 8.46. The van der Waals surface area contributed by atoms with Crippen molar-refractivity contribution in [1.29, 1.82) is 0 Å². The number of hydrogen-bond donors (Lipinski definition) is 0. The van der Waals surface area contributed by atoms with E-state index in [2.05, 4.69) is 25.8 Å². The molecule has 1 heterocycles. The predicted molar refractivity (Wildman–Crippen MR) is 85.5 cm³/mol. The molecule has 0 bridgehead atoms. The van der Waals surface area contributed by atoms with Gasteiger partial charge in [-0.05, 0) is 67.9 Å². The van der Waals surface area contributed by atoms with Crippen molar-refractivity contribution in [1.82, 2.24) is 4.98 Å². The molecule has 0 aliphatic carbocycles. The van der Waals surface area contributed by atoms with E-state index in [9.17, 15) is 10.0 Å². The average Bonchev–Trinajstić information content (AvgIpc) is 2.48. The zero-order valence-electron chi connectivity index (χ0n) is 15.8. The van der Waals surface area contributed by atoms with Crippen LogP contribution in [0.4, 0.5) is 0 Å². The van der Waals surface area contributed by atoms with Gasteiger partial charge < -0.3 is 10.0 Å². The molecule has 118 valence electrons. The van der Waals surface area contributed by atoms with Crippen LogP contribution in [0.25, 0.3) is 0 Å². The quantitative estimate of drug-likeness (QED) is 0.410. The summed E-state index contributed by atoms with van der Waals surface area (Å²) in [5, 5.41) is 22.9. The summed E-state index contributed by atoms with van der Waals surface area (Å²) in [4.78, 5) is 4.23. The summed E-state index contributed by atoms with van der Waals surface area (Å²) in [7, 11) is -1.96. The van der Waals surface area contributed by atoms with Gasteiger partial charge in [0.25, 0.3) is 0 Å². The van der Waals surface area contributed by atoms with Gasteiger partial charge in [0.1, 0.15) is 0 Å². The fraction of sp³-hybridized carbons (Fsp3) is 0.706. The van der Waals surface area contributed by atoms with Gasteiger partial charge in [-0.2, -0.15) is 0 Å². The molecule has 1 aromatic heterocycles. The second-order valence-electron chi connectivity index (χ2n) is 5.77. The summed E-state index contributed by atoms with van der Waals surface area (Å²) < 4.78 is 0. The molecule has 0 fully saturated rings. The SMILES string of the molecule is CCCCc1cnc(B([O-])[O-])c(CCCC)c1CCCC.[Li+].[Li+]. The van der Waals surface area contributed by atoms with Crippen molar-refractivity contribution in [3.05, 3.63) is 22.9 Å². The third-order valence-electron chi connectivity index (χ3n) is 4.00. The van der Waals surface area contributed by atoms with E-state index in [4.69, 9.17) is 0 Å². The number of aromatic nitrogens is 1. The fourth-order valence-corrected chi connectivity index (χ4v) is 2.73. The van der Waals surface area contributed by atoms with Crippen LogP contribution in [0.5, 0.6) is 0 Å². The molecular formula is C17H28BLi2NO2. The topological polar surface area (TPSA) is 59.0 Å². The Labute approximate surface area is 166 Å². The minimum atomic E-state index is -1.96. The Bertz CT molecular complexity index is 431. The van der Waals surface area contributed by atoms with Gasteiger partial charge in [-0.15, -0.1) is 0 Å². The molecule has 0 amide bonds. The number of unbranched alkanes of at least 4 members (excludes halogenated alkanes) is 3. The normalized spacial score (nSPS) is 9.96. The van der Waals surface area contributed by atoms with Crippen LogP contribution in [0, 0.1) is 0 Å². The van der Waals surface area contributed by atoms with Crippen molar-refractivity contribution in [3.63, 3.8) is 0 Å². The van der Waals surface area contributed by atoms with E-state index in [0.29, 0.717) is 0 Å². The summed E-state index contributed by atoms with van der Waals surface area (Å²) in [6.07, 6.45) is 11.1. The largest absolute Gasteiger partial charge is 1.00 e. The molecule has 0 radical (unpaired) electrons. The Morgan fingerprint density at radius 2 is 1.30 bits per heavy atom. The smallest absolute Gasteiger partial charge is 0.888 e. The Kier molecular flexibility index (Phi) is 16.3. The molecule has 1 aromatic rings. The minimum absolute atomic E-state index is 0. The van der Waals surface area contributed by atoms with Crippen molar-refractivity contribution < 1.29 is 47.8 Å². The van der Waals surface area contributed by atoms with Gasteiger partial charge in [-0.1, -0.05) is 40.0 Å². The Balaban J connectivity index is 0. The second-order valence-corrected chi connectivity index (χ2v) is 5.77. The van der Waals surface area contributed by atoms with Gasteiger partial charge in [0, 0.05) is 6.20 Å². The molecule has 0 spiro atoms. The van der Waals surface area contributed by atoms with Crippen LogP contribution in [0.1, 0.15) is 76.0 Å². The monoisotopic (exact) mass is 303 g/mol. The fourth-order valence-electron chi connectivity index (χ4n) is 2.73. The summed E-state index contributed by atoms with van der Waals surface area (Å²) in [6, 6.07) is 0. The molecule has 0 atom stereocenters. The number of pyridine rings is 1. The summed E-state index contributed by atoms with van der Waals surface area (Å²) in [6.45, 7) is 6.48. The minimum Gasteiger partial charge on any atom is -0.888 e. The Morgan fingerprint density at radius 1 is 0.826 bits per heavy atom. The molecule has 0 aliphatic heterocycles. The Morgan fingerprint density at radius 3 is 1.78 bits per heavy atom. The molecule has 0 saturated carbocycles. The molecule has 0 aromatic carbocycles. The van der Waals surface area contributed by atoms with E-state index in [1.54, 1.807) is 6.20 Å². The maximum absolute atomic E-state index is 11.4. The van der Waals surface area contributed by atoms with Crippen LogP contribution in [0.15, 0.2) is 6.20 Å². The van der Waals surface area contributed by atoms with Gasteiger partial charge in [0.15, 0.2) is 0 Å². The zero-order valence-corrected chi connectivity index (χ0v) is 15.8. The second kappa shape index (κ2) is 14.7. The predicted octanol–water partition coefficient (Wildman–Crippen LogP) is -4.47. The van der Waals surface area contributed by atoms with E-state index in [1.807, 2.05) is 0 Å². The van der Waals surface area contributed by atoms with Crippen LogP contribution in [0.3, 0.4) is 0 Å². The van der Waals surface area contributed by atoms with Gasteiger partial charge in [-0.25, -0.2) is 0 Å². The van der Waals surface area contributed by atoms with Crippen LogP contribution in [-0.2, 0) is 19.3 Å². The van der Waals surface area contributed by atoms with Crippen LogP contribution >= 0.6 is 0 Å². The summed E-state index contributed by atoms with van der Waals surface area (Å²) in [5.41, 5.74) is 3.71. The zero-order chi connectivity index (χ0) is 15.7. The third-order valence-corrected chi connectivity index (χ3v) is 4.00. The first kappa shape index (κ1) is 25.6. The molecule has 3 nitrogen and oxygen atoms in total. The maximum Gasteiger partial charge on any atom is 1.00 e. The van der Waals surface area contributed by atoms with E-state index in [0.717, 1.165) is 63.4 Å².